The Bertz CT molecular complexity index is 984. The van der Waals surface area contributed by atoms with E-state index in [1.165, 1.54) is 5.56 Å². The van der Waals surface area contributed by atoms with E-state index in [1.54, 1.807) is 14.2 Å². The third-order valence-corrected chi connectivity index (χ3v) is 5.29. The molecule has 3 aromatic carbocycles. The first-order chi connectivity index (χ1) is 13.7. The number of amides is 1. The van der Waals surface area contributed by atoms with Gasteiger partial charge < -0.3 is 14.4 Å². The Morgan fingerprint density at radius 2 is 1.68 bits per heavy atom. The lowest BCUT2D eigenvalue weighted by Gasteiger charge is -2.38. The van der Waals surface area contributed by atoms with Crippen LogP contribution in [0.25, 0.3) is 0 Å². The number of carbonyl (C=O) groups excluding carboxylic acids is 1. The number of nitrogens with zero attached hydrogens (tertiary/aromatic N) is 1. The molecule has 4 nitrogen and oxygen atoms in total. The fraction of sp³-hybridized carbons (Fsp3) is 0.208. The normalized spacial score (nSPS) is 15.6. The number of benzene rings is 3. The van der Waals surface area contributed by atoms with Crippen LogP contribution in [0.5, 0.6) is 11.5 Å². The molecule has 0 radical (unpaired) electrons. The molecule has 1 amide bonds. The minimum absolute atomic E-state index is 0.0280. The van der Waals surface area contributed by atoms with Gasteiger partial charge in [-0.2, -0.15) is 0 Å². The molecule has 4 heteroatoms. The molecule has 0 spiro atoms. The molecule has 0 aromatic heterocycles. The lowest BCUT2D eigenvalue weighted by Crippen LogP contribution is -2.40. The maximum Gasteiger partial charge on any atom is 0.258 e. The number of hydrogen-bond donors (Lipinski definition) is 0. The number of methoxy groups -OCH3 is 2. The molecule has 1 unspecified atom stereocenters. The molecule has 0 saturated carbocycles. The first-order valence-corrected chi connectivity index (χ1v) is 9.38. The van der Waals surface area contributed by atoms with Gasteiger partial charge in [0.05, 0.1) is 25.8 Å². The molecule has 0 fully saturated rings. The van der Waals surface area contributed by atoms with Gasteiger partial charge in [0.1, 0.15) is 11.5 Å². The van der Waals surface area contributed by atoms with Gasteiger partial charge in [0.25, 0.3) is 5.91 Å². The standard InChI is InChI=1S/C24H23NO3/c1-27-19-13-12-17-14-15-25(24(26)20-10-6-7-11-22(20)28-2)23(21(17)16-19)18-8-4-3-5-9-18/h3-13,16,23H,14-15H2,1-2H3. The molecule has 0 bridgehead atoms. The summed E-state index contributed by atoms with van der Waals surface area (Å²) in [4.78, 5) is 15.5. The number of fused-ring (bicyclic) bond motifs is 1. The number of ether oxygens (including phenoxy) is 2. The number of hydrogen-bond acceptors (Lipinski definition) is 3. The van der Waals surface area contributed by atoms with Gasteiger partial charge in [-0.05, 0) is 47.4 Å². The Hall–Kier alpha value is -3.27. The Balaban J connectivity index is 1.83. The van der Waals surface area contributed by atoms with Gasteiger partial charge in [0.15, 0.2) is 0 Å². The van der Waals surface area contributed by atoms with Crippen molar-refractivity contribution >= 4 is 5.91 Å². The van der Waals surface area contributed by atoms with Crippen molar-refractivity contribution in [3.05, 3.63) is 95.1 Å². The zero-order valence-electron chi connectivity index (χ0n) is 16.1. The Morgan fingerprint density at radius 1 is 0.929 bits per heavy atom. The van der Waals surface area contributed by atoms with Gasteiger partial charge in [0, 0.05) is 6.54 Å². The van der Waals surface area contributed by atoms with E-state index in [-0.39, 0.29) is 11.9 Å². The van der Waals surface area contributed by atoms with E-state index in [1.807, 2.05) is 53.4 Å². The summed E-state index contributed by atoms with van der Waals surface area (Å²) in [6.45, 7) is 0.649. The van der Waals surface area contributed by atoms with Gasteiger partial charge in [-0.15, -0.1) is 0 Å². The smallest absolute Gasteiger partial charge is 0.258 e. The monoisotopic (exact) mass is 373 g/mol. The van der Waals surface area contributed by atoms with Gasteiger partial charge in [0.2, 0.25) is 0 Å². The Labute approximate surface area is 165 Å². The molecule has 3 aromatic rings. The Kier molecular flexibility index (Phi) is 5.02. The maximum absolute atomic E-state index is 13.5. The molecular formula is C24H23NO3. The van der Waals surface area contributed by atoms with Crippen molar-refractivity contribution in [1.29, 1.82) is 0 Å². The summed E-state index contributed by atoms with van der Waals surface area (Å²) >= 11 is 0. The molecule has 1 atom stereocenters. The third-order valence-electron chi connectivity index (χ3n) is 5.29. The average molecular weight is 373 g/mol. The number of rotatable bonds is 4. The molecular weight excluding hydrogens is 350 g/mol. The van der Waals surface area contributed by atoms with Crippen LogP contribution >= 0.6 is 0 Å². The maximum atomic E-state index is 13.5. The van der Waals surface area contributed by atoms with Crippen LogP contribution in [0.15, 0.2) is 72.8 Å². The van der Waals surface area contributed by atoms with E-state index < -0.39 is 0 Å². The van der Waals surface area contributed by atoms with Crippen LogP contribution < -0.4 is 9.47 Å². The summed E-state index contributed by atoms with van der Waals surface area (Å²) in [6.07, 6.45) is 0.809. The molecule has 4 rings (SSSR count). The van der Waals surface area contributed by atoms with Crippen LogP contribution in [0.4, 0.5) is 0 Å². The fourth-order valence-corrected chi connectivity index (χ4v) is 3.91. The van der Waals surface area contributed by atoms with Gasteiger partial charge in [-0.1, -0.05) is 48.5 Å². The van der Waals surface area contributed by atoms with Crippen molar-refractivity contribution in [2.24, 2.45) is 0 Å². The molecule has 1 aliphatic heterocycles. The third kappa shape index (κ3) is 3.22. The molecule has 0 saturated heterocycles. The molecule has 0 N–H and O–H groups in total. The van der Waals surface area contributed by atoms with Crippen LogP contribution in [0, 0.1) is 0 Å². The minimum atomic E-state index is -0.169. The van der Waals surface area contributed by atoms with E-state index >= 15 is 0 Å². The molecule has 28 heavy (non-hydrogen) atoms. The highest BCUT2D eigenvalue weighted by molar-refractivity contribution is 5.97. The SMILES string of the molecule is COc1ccc2c(c1)C(c1ccccc1)N(C(=O)c1ccccc1OC)CC2. The lowest BCUT2D eigenvalue weighted by atomic mass is 9.87. The van der Waals surface area contributed by atoms with E-state index in [4.69, 9.17) is 9.47 Å². The van der Waals surface area contributed by atoms with Gasteiger partial charge in [-0.3, -0.25) is 4.79 Å². The van der Waals surface area contributed by atoms with Crippen molar-refractivity contribution in [3.63, 3.8) is 0 Å². The first-order valence-electron chi connectivity index (χ1n) is 9.38. The summed E-state index contributed by atoms with van der Waals surface area (Å²) < 4.78 is 10.9. The van der Waals surface area contributed by atoms with Crippen LogP contribution in [0.2, 0.25) is 0 Å². The van der Waals surface area contributed by atoms with Gasteiger partial charge in [-0.25, -0.2) is 0 Å². The molecule has 1 heterocycles. The molecule has 142 valence electrons. The highest BCUT2D eigenvalue weighted by atomic mass is 16.5. The number of carbonyl (C=O) groups is 1. The average Bonchev–Trinajstić information content (AvgIpc) is 2.77. The lowest BCUT2D eigenvalue weighted by molar-refractivity contribution is 0.0691. The van der Waals surface area contributed by atoms with Crippen LogP contribution in [0.3, 0.4) is 0 Å². The summed E-state index contributed by atoms with van der Waals surface area (Å²) in [5.41, 5.74) is 4.02. The summed E-state index contributed by atoms with van der Waals surface area (Å²) in [5, 5.41) is 0. The zero-order chi connectivity index (χ0) is 19.5. The second kappa shape index (κ2) is 7.77. The zero-order valence-corrected chi connectivity index (χ0v) is 16.1. The summed E-state index contributed by atoms with van der Waals surface area (Å²) in [5.74, 6) is 1.36. The van der Waals surface area contributed by atoms with Crippen molar-refractivity contribution in [3.8, 4) is 11.5 Å². The van der Waals surface area contributed by atoms with Crippen LogP contribution in [0.1, 0.15) is 33.1 Å². The van der Waals surface area contributed by atoms with E-state index in [2.05, 4.69) is 24.3 Å². The topological polar surface area (TPSA) is 38.8 Å². The Morgan fingerprint density at radius 3 is 2.43 bits per heavy atom. The summed E-state index contributed by atoms with van der Waals surface area (Å²) in [6, 6.07) is 23.5. The molecule has 0 aliphatic carbocycles. The quantitative estimate of drug-likeness (QED) is 0.676. The highest BCUT2D eigenvalue weighted by Gasteiger charge is 2.33. The van der Waals surface area contributed by atoms with E-state index in [0.29, 0.717) is 17.9 Å². The predicted molar refractivity (Wildman–Crippen MR) is 109 cm³/mol. The fourth-order valence-electron chi connectivity index (χ4n) is 3.91. The largest absolute Gasteiger partial charge is 0.497 e. The second-order valence-electron chi connectivity index (χ2n) is 6.83. The van der Waals surface area contributed by atoms with Crippen LogP contribution in [-0.2, 0) is 6.42 Å². The van der Waals surface area contributed by atoms with Crippen molar-refractivity contribution in [2.45, 2.75) is 12.5 Å². The van der Waals surface area contributed by atoms with Gasteiger partial charge >= 0.3 is 0 Å². The molecule has 1 aliphatic rings. The minimum Gasteiger partial charge on any atom is -0.497 e. The van der Waals surface area contributed by atoms with Crippen molar-refractivity contribution < 1.29 is 14.3 Å². The summed E-state index contributed by atoms with van der Waals surface area (Å²) in [7, 11) is 3.26. The first kappa shape index (κ1) is 18.1. The van der Waals surface area contributed by atoms with E-state index in [0.717, 1.165) is 23.3 Å². The predicted octanol–water partition coefficient (Wildman–Crippen LogP) is 4.49. The number of para-hydroxylation sites is 1. The second-order valence-corrected chi connectivity index (χ2v) is 6.83. The van der Waals surface area contributed by atoms with Crippen molar-refractivity contribution in [1.82, 2.24) is 4.90 Å². The van der Waals surface area contributed by atoms with Crippen LogP contribution in [-0.4, -0.2) is 31.6 Å². The van der Waals surface area contributed by atoms with Crippen molar-refractivity contribution in [2.75, 3.05) is 20.8 Å². The van der Waals surface area contributed by atoms with E-state index in [9.17, 15) is 4.79 Å². The highest BCUT2D eigenvalue weighted by Crippen LogP contribution is 2.38.